The Hall–Kier alpha value is -2.30. The molecule has 0 spiro atoms. The lowest BCUT2D eigenvalue weighted by molar-refractivity contribution is 0.296. The number of para-hydroxylation sites is 1. The van der Waals surface area contributed by atoms with Crippen molar-refractivity contribution in [3.8, 4) is 11.4 Å². The number of hydrogen-bond acceptors (Lipinski definition) is 3. The van der Waals surface area contributed by atoms with Crippen molar-refractivity contribution in [2.24, 2.45) is 5.92 Å². The zero-order valence-corrected chi connectivity index (χ0v) is 15.5. The molecule has 4 rings (SSSR count). The minimum absolute atomic E-state index is 0. The second-order valence-corrected chi connectivity index (χ2v) is 6.60. The summed E-state index contributed by atoms with van der Waals surface area (Å²) >= 11 is 0. The highest BCUT2D eigenvalue weighted by atomic mass is 35.5. The molecule has 1 aliphatic rings. The van der Waals surface area contributed by atoms with Crippen molar-refractivity contribution in [2.75, 3.05) is 6.61 Å². The van der Waals surface area contributed by atoms with Gasteiger partial charge in [0.25, 0.3) is 0 Å². The number of hydrogen-bond donors (Lipinski definition) is 1. The molecule has 0 radical (unpaired) electrons. The molecule has 0 bridgehead atoms. The van der Waals surface area contributed by atoms with Gasteiger partial charge in [-0.1, -0.05) is 30.3 Å². The van der Waals surface area contributed by atoms with E-state index in [1.807, 2.05) is 23.2 Å². The highest BCUT2D eigenvalue weighted by Gasteiger charge is 2.22. The van der Waals surface area contributed by atoms with Crippen LogP contribution in [0.25, 0.3) is 5.69 Å². The average Bonchev–Trinajstić information content (AvgIpc) is 3.32. The number of halogens is 1. The van der Waals surface area contributed by atoms with E-state index in [2.05, 4.69) is 52.8 Å². The van der Waals surface area contributed by atoms with Crippen LogP contribution in [0.4, 0.5) is 0 Å². The maximum atomic E-state index is 5.97. The summed E-state index contributed by atoms with van der Waals surface area (Å²) < 4.78 is 7.98. The third-order valence-electron chi connectivity index (χ3n) is 4.53. The summed E-state index contributed by atoms with van der Waals surface area (Å²) in [6, 6.07) is 16.9. The van der Waals surface area contributed by atoms with Gasteiger partial charge >= 0.3 is 0 Å². The van der Waals surface area contributed by atoms with E-state index in [4.69, 9.17) is 4.74 Å². The second kappa shape index (κ2) is 8.88. The maximum absolute atomic E-state index is 5.97. The van der Waals surface area contributed by atoms with Gasteiger partial charge in [0.05, 0.1) is 12.9 Å². The number of nitrogens with one attached hydrogen (secondary N) is 1. The number of nitrogens with zero attached hydrogens (tertiary/aromatic N) is 2. The Bertz CT molecular complexity index is 798. The third-order valence-corrected chi connectivity index (χ3v) is 4.53. The second-order valence-electron chi connectivity index (χ2n) is 6.60. The minimum Gasteiger partial charge on any atom is -0.493 e. The highest BCUT2D eigenvalue weighted by molar-refractivity contribution is 5.85. The van der Waals surface area contributed by atoms with Gasteiger partial charge < -0.3 is 14.6 Å². The minimum atomic E-state index is 0. The molecule has 0 atom stereocenters. The Kier molecular flexibility index (Phi) is 6.31. The summed E-state index contributed by atoms with van der Waals surface area (Å²) in [5.41, 5.74) is 3.61. The van der Waals surface area contributed by atoms with Crippen LogP contribution in [0.2, 0.25) is 0 Å². The van der Waals surface area contributed by atoms with Gasteiger partial charge in [0.2, 0.25) is 0 Å². The van der Waals surface area contributed by atoms with Gasteiger partial charge in [0.1, 0.15) is 5.75 Å². The molecule has 0 unspecified atom stereocenters. The lowest BCUT2D eigenvalue weighted by Gasteiger charge is -2.12. The van der Waals surface area contributed by atoms with Crippen molar-refractivity contribution in [2.45, 2.75) is 25.9 Å². The molecule has 2 aromatic carbocycles. The van der Waals surface area contributed by atoms with Gasteiger partial charge in [-0.2, -0.15) is 0 Å². The van der Waals surface area contributed by atoms with E-state index in [1.54, 1.807) is 6.20 Å². The Morgan fingerprint density at radius 2 is 1.85 bits per heavy atom. The summed E-state index contributed by atoms with van der Waals surface area (Å²) in [5, 5.41) is 3.52. The Balaban J connectivity index is 0.00000196. The molecule has 1 fully saturated rings. The van der Waals surface area contributed by atoms with Gasteiger partial charge in [-0.05, 0) is 42.5 Å². The first-order valence-corrected chi connectivity index (χ1v) is 8.87. The van der Waals surface area contributed by atoms with Crippen LogP contribution in [0.1, 0.15) is 24.0 Å². The van der Waals surface area contributed by atoms with Crippen LogP contribution in [0, 0.1) is 5.92 Å². The molecule has 1 aromatic heterocycles. The molecule has 1 aliphatic carbocycles. The third kappa shape index (κ3) is 4.87. The van der Waals surface area contributed by atoms with Crippen molar-refractivity contribution < 1.29 is 4.74 Å². The van der Waals surface area contributed by atoms with Gasteiger partial charge in [-0.15, -0.1) is 12.4 Å². The molecule has 0 amide bonds. The van der Waals surface area contributed by atoms with E-state index in [9.17, 15) is 0 Å². The van der Waals surface area contributed by atoms with E-state index in [0.29, 0.717) is 0 Å². The molecule has 0 aliphatic heterocycles. The van der Waals surface area contributed by atoms with Crippen LogP contribution in [0.5, 0.6) is 5.75 Å². The summed E-state index contributed by atoms with van der Waals surface area (Å²) in [4.78, 5) is 4.08. The van der Waals surface area contributed by atoms with Crippen LogP contribution in [0.3, 0.4) is 0 Å². The number of benzene rings is 2. The largest absolute Gasteiger partial charge is 0.493 e. The molecule has 26 heavy (non-hydrogen) atoms. The van der Waals surface area contributed by atoms with Crippen molar-refractivity contribution in [1.82, 2.24) is 14.9 Å². The first kappa shape index (κ1) is 18.5. The van der Waals surface area contributed by atoms with Gasteiger partial charge in [0.15, 0.2) is 0 Å². The lowest BCUT2D eigenvalue weighted by Crippen LogP contribution is -2.14. The first-order chi connectivity index (χ1) is 12.4. The van der Waals surface area contributed by atoms with E-state index in [1.165, 1.54) is 24.0 Å². The SMILES string of the molecule is Cl.c1ccc(OCC2CC2)c(CNCc2ccc(-n3ccnc3)cc2)c1. The normalized spacial score (nSPS) is 13.2. The van der Waals surface area contributed by atoms with Crippen LogP contribution >= 0.6 is 12.4 Å². The number of aromatic nitrogens is 2. The van der Waals surface area contributed by atoms with Crippen molar-refractivity contribution in [3.05, 3.63) is 78.4 Å². The molecule has 3 aromatic rings. The molecule has 1 heterocycles. The molecule has 1 saturated carbocycles. The number of rotatable bonds is 8. The van der Waals surface area contributed by atoms with Gasteiger partial charge in [-0.25, -0.2) is 4.98 Å². The summed E-state index contributed by atoms with van der Waals surface area (Å²) in [5.74, 6) is 1.78. The number of ether oxygens (including phenoxy) is 1. The van der Waals surface area contributed by atoms with Crippen molar-refractivity contribution in [1.29, 1.82) is 0 Å². The van der Waals surface area contributed by atoms with E-state index in [-0.39, 0.29) is 12.4 Å². The van der Waals surface area contributed by atoms with Gasteiger partial charge in [0, 0.05) is 36.7 Å². The van der Waals surface area contributed by atoms with Crippen LogP contribution in [-0.2, 0) is 13.1 Å². The molecule has 0 saturated heterocycles. The van der Waals surface area contributed by atoms with E-state index < -0.39 is 0 Å². The lowest BCUT2D eigenvalue weighted by atomic mass is 10.1. The molecule has 136 valence electrons. The molecular weight excluding hydrogens is 346 g/mol. The van der Waals surface area contributed by atoms with Crippen LogP contribution in [-0.4, -0.2) is 16.2 Å². The monoisotopic (exact) mass is 369 g/mol. The molecule has 1 N–H and O–H groups in total. The van der Waals surface area contributed by atoms with E-state index in [0.717, 1.165) is 37.1 Å². The quantitative estimate of drug-likeness (QED) is 0.640. The summed E-state index contributed by atoms with van der Waals surface area (Å²) in [6.45, 7) is 2.50. The van der Waals surface area contributed by atoms with Crippen molar-refractivity contribution in [3.63, 3.8) is 0 Å². The summed E-state index contributed by atoms with van der Waals surface area (Å²) in [6.07, 6.45) is 8.18. The zero-order chi connectivity index (χ0) is 16.9. The topological polar surface area (TPSA) is 39.1 Å². The number of imidazole rings is 1. The zero-order valence-electron chi connectivity index (χ0n) is 14.7. The van der Waals surface area contributed by atoms with Gasteiger partial charge in [-0.3, -0.25) is 0 Å². The predicted octanol–water partition coefficient (Wildman–Crippen LogP) is 4.37. The summed E-state index contributed by atoms with van der Waals surface area (Å²) in [7, 11) is 0. The fourth-order valence-corrected chi connectivity index (χ4v) is 2.82. The van der Waals surface area contributed by atoms with Crippen LogP contribution in [0.15, 0.2) is 67.3 Å². The fraction of sp³-hybridized carbons (Fsp3) is 0.286. The fourth-order valence-electron chi connectivity index (χ4n) is 2.82. The standard InChI is InChI=1S/C21H23N3O.ClH/c1-2-4-21(25-15-18-5-6-18)19(3-1)14-23-13-17-7-9-20(10-8-17)24-12-11-22-16-24;/h1-4,7-12,16,18,23H,5-6,13-15H2;1H. The Morgan fingerprint density at radius 3 is 2.58 bits per heavy atom. The first-order valence-electron chi connectivity index (χ1n) is 8.87. The average molecular weight is 370 g/mol. The smallest absolute Gasteiger partial charge is 0.123 e. The van der Waals surface area contributed by atoms with Crippen LogP contribution < -0.4 is 10.1 Å². The predicted molar refractivity (Wildman–Crippen MR) is 106 cm³/mol. The Labute approximate surface area is 160 Å². The van der Waals surface area contributed by atoms with Crippen molar-refractivity contribution >= 4 is 12.4 Å². The maximum Gasteiger partial charge on any atom is 0.123 e. The van der Waals surface area contributed by atoms with E-state index >= 15 is 0 Å². The molecule has 5 heteroatoms. The molecular formula is C21H24ClN3O. The highest BCUT2D eigenvalue weighted by Crippen LogP contribution is 2.30. The molecule has 4 nitrogen and oxygen atoms in total. The Morgan fingerprint density at radius 1 is 1.04 bits per heavy atom.